The van der Waals surface area contributed by atoms with Gasteiger partial charge in [-0.05, 0) is 24.7 Å². The minimum Gasteiger partial charge on any atom is -0.348 e. The van der Waals surface area contributed by atoms with Crippen molar-refractivity contribution in [3.05, 3.63) is 30.1 Å². The highest BCUT2D eigenvalue weighted by molar-refractivity contribution is 5.77. The van der Waals surface area contributed by atoms with Crippen LogP contribution in [0.1, 0.15) is 5.56 Å². The molecule has 4 heteroatoms. The molecule has 0 aliphatic carbocycles. The first-order valence-electron chi connectivity index (χ1n) is 4.87. The first-order chi connectivity index (χ1) is 7.09. The Bertz CT molecular complexity index is 311. The molecule has 0 bridgehead atoms. The molecule has 1 heterocycles. The highest BCUT2D eigenvalue weighted by Crippen LogP contribution is 2.00. The van der Waals surface area contributed by atoms with E-state index in [0.717, 1.165) is 6.54 Å². The fourth-order valence-electron chi connectivity index (χ4n) is 1.23. The molecular formula is C11H17N3O. The van der Waals surface area contributed by atoms with Crippen LogP contribution < -0.4 is 0 Å². The molecule has 1 rings (SSSR count). The average molecular weight is 207 g/mol. The molecule has 0 fully saturated rings. The first-order valence-corrected chi connectivity index (χ1v) is 4.87. The summed E-state index contributed by atoms with van der Waals surface area (Å²) in [4.78, 5) is 18.9. The standard InChI is InChI=1S/C11H17N3O/c1-13(2)11(15)9-14(3)8-10-4-6-12-7-5-10/h4-7H,8-9H2,1-3H3. The van der Waals surface area contributed by atoms with Gasteiger partial charge in [0.15, 0.2) is 0 Å². The van der Waals surface area contributed by atoms with Crippen LogP contribution in [0.2, 0.25) is 0 Å². The Morgan fingerprint density at radius 2 is 1.87 bits per heavy atom. The van der Waals surface area contributed by atoms with Gasteiger partial charge in [0.1, 0.15) is 0 Å². The molecular weight excluding hydrogens is 190 g/mol. The van der Waals surface area contributed by atoms with Crippen LogP contribution in [0.25, 0.3) is 0 Å². The number of amides is 1. The molecule has 0 saturated carbocycles. The van der Waals surface area contributed by atoms with Crippen molar-refractivity contribution < 1.29 is 4.79 Å². The Balaban J connectivity index is 2.43. The number of pyridine rings is 1. The van der Waals surface area contributed by atoms with E-state index >= 15 is 0 Å². The first kappa shape index (κ1) is 11.7. The highest BCUT2D eigenvalue weighted by Gasteiger charge is 2.08. The maximum atomic E-state index is 11.4. The van der Waals surface area contributed by atoms with Gasteiger partial charge in [0.25, 0.3) is 0 Å². The molecule has 0 radical (unpaired) electrons. The summed E-state index contributed by atoms with van der Waals surface area (Å²) in [6.07, 6.45) is 3.52. The smallest absolute Gasteiger partial charge is 0.236 e. The molecule has 0 aliphatic rings. The van der Waals surface area contributed by atoms with Crippen molar-refractivity contribution in [3.8, 4) is 0 Å². The van der Waals surface area contributed by atoms with Crippen LogP contribution in [-0.4, -0.2) is 48.4 Å². The Morgan fingerprint density at radius 1 is 1.27 bits per heavy atom. The minimum atomic E-state index is 0.117. The normalized spacial score (nSPS) is 10.4. The molecule has 0 atom stereocenters. The summed E-state index contributed by atoms with van der Waals surface area (Å²) in [6, 6.07) is 3.91. The van der Waals surface area contributed by atoms with Crippen LogP contribution in [0.3, 0.4) is 0 Å². The van der Waals surface area contributed by atoms with Gasteiger partial charge in [0, 0.05) is 33.0 Å². The van der Waals surface area contributed by atoms with Crippen molar-refractivity contribution in [2.24, 2.45) is 0 Å². The van der Waals surface area contributed by atoms with E-state index in [-0.39, 0.29) is 5.91 Å². The van der Waals surface area contributed by atoms with E-state index in [1.54, 1.807) is 31.4 Å². The summed E-state index contributed by atoms with van der Waals surface area (Å²) in [6.45, 7) is 1.21. The van der Waals surface area contributed by atoms with E-state index in [2.05, 4.69) is 4.98 Å². The summed E-state index contributed by atoms with van der Waals surface area (Å²) >= 11 is 0. The van der Waals surface area contributed by atoms with Crippen LogP contribution in [0.4, 0.5) is 0 Å². The van der Waals surface area contributed by atoms with E-state index in [9.17, 15) is 4.79 Å². The molecule has 15 heavy (non-hydrogen) atoms. The van der Waals surface area contributed by atoms with E-state index < -0.39 is 0 Å². The van der Waals surface area contributed by atoms with Gasteiger partial charge in [-0.15, -0.1) is 0 Å². The minimum absolute atomic E-state index is 0.117. The lowest BCUT2D eigenvalue weighted by molar-refractivity contribution is -0.129. The number of nitrogens with zero attached hydrogens (tertiary/aromatic N) is 3. The SMILES string of the molecule is CN(CC(=O)N(C)C)Cc1ccncc1. The zero-order chi connectivity index (χ0) is 11.3. The Hall–Kier alpha value is -1.42. The van der Waals surface area contributed by atoms with Gasteiger partial charge in [-0.25, -0.2) is 0 Å². The molecule has 1 aromatic heterocycles. The summed E-state index contributed by atoms with van der Waals surface area (Å²) in [5.41, 5.74) is 1.17. The van der Waals surface area contributed by atoms with Gasteiger partial charge >= 0.3 is 0 Å². The maximum absolute atomic E-state index is 11.4. The molecule has 1 amide bonds. The maximum Gasteiger partial charge on any atom is 0.236 e. The number of hydrogen-bond acceptors (Lipinski definition) is 3. The topological polar surface area (TPSA) is 36.4 Å². The molecule has 1 aromatic rings. The number of carbonyl (C=O) groups is 1. The molecule has 0 N–H and O–H groups in total. The zero-order valence-electron chi connectivity index (χ0n) is 9.47. The second kappa shape index (κ2) is 5.46. The molecule has 82 valence electrons. The molecule has 0 aliphatic heterocycles. The van der Waals surface area contributed by atoms with Gasteiger partial charge in [-0.2, -0.15) is 0 Å². The summed E-state index contributed by atoms with van der Waals surface area (Å²) in [7, 11) is 5.47. The van der Waals surface area contributed by atoms with Gasteiger partial charge in [-0.1, -0.05) is 0 Å². The van der Waals surface area contributed by atoms with Gasteiger partial charge in [0.05, 0.1) is 6.54 Å². The van der Waals surface area contributed by atoms with Crippen molar-refractivity contribution in [3.63, 3.8) is 0 Å². The van der Waals surface area contributed by atoms with Crippen LogP contribution in [0.5, 0.6) is 0 Å². The molecule has 0 saturated heterocycles. The van der Waals surface area contributed by atoms with E-state index in [1.165, 1.54) is 5.56 Å². The van der Waals surface area contributed by atoms with Gasteiger partial charge in [0.2, 0.25) is 5.91 Å². The summed E-state index contributed by atoms with van der Waals surface area (Å²) < 4.78 is 0. The number of likely N-dealkylation sites (N-methyl/N-ethyl adjacent to an activating group) is 2. The van der Waals surface area contributed by atoms with Gasteiger partial charge < -0.3 is 4.90 Å². The van der Waals surface area contributed by atoms with Crippen LogP contribution in [0.15, 0.2) is 24.5 Å². The fourth-order valence-corrected chi connectivity index (χ4v) is 1.23. The number of rotatable bonds is 4. The van der Waals surface area contributed by atoms with Crippen LogP contribution in [-0.2, 0) is 11.3 Å². The fraction of sp³-hybridized carbons (Fsp3) is 0.455. The summed E-state index contributed by atoms with van der Waals surface area (Å²) in [5, 5.41) is 0. The van der Waals surface area contributed by atoms with Crippen molar-refractivity contribution in [2.45, 2.75) is 6.54 Å². The Labute approximate surface area is 90.5 Å². The van der Waals surface area contributed by atoms with Crippen molar-refractivity contribution in [1.82, 2.24) is 14.8 Å². The third-order valence-electron chi connectivity index (χ3n) is 2.11. The van der Waals surface area contributed by atoms with E-state index in [0.29, 0.717) is 6.54 Å². The zero-order valence-corrected chi connectivity index (χ0v) is 9.47. The number of carbonyl (C=O) groups excluding carboxylic acids is 1. The Kier molecular flexibility index (Phi) is 4.24. The molecule has 4 nitrogen and oxygen atoms in total. The van der Waals surface area contributed by atoms with Crippen molar-refractivity contribution >= 4 is 5.91 Å². The third-order valence-corrected chi connectivity index (χ3v) is 2.11. The number of aromatic nitrogens is 1. The predicted octanol–water partition coefficient (Wildman–Crippen LogP) is 0.602. The Morgan fingerprint density at radius 3 is 2.40 bits per heavy atom. The highest BCUT2D eigenvalue weighted by atomic mass is 16.2. The monoisotopic (exact) mass is 207 g/mol. The largest absolute Gasteiger partial charge is 0.348 e. The van der Waals surface area contributed by atoms with Gasteiger partial charge in [-0.3, -0.25) is 14.7 Å². The second-order valence-corrected chi connectivity index (χ2v) is 3.82. The van der Waals surface area contributed by atoms with Crippen LogP contribution in [0, 0.1) is 0 Å². The molecule has 0 unspecified atom stereocenters. The molecule has 0 aromatic carbocycles. The average Bonchev–Trinajstić information content (AvgIpc) is 2.18. The van der Waals surface area contributed by atoms with E-state index in [4.69, 9.17) is 0 Å². The van der Waals surface area contributed by atoms with Crippen LogP contribution >= 0.6 is 0 Å². The van der Waals surface area contributed by atoms with Crippen molar-refractivity contribution in [1.29, 1.82) is 0 Å². The lowest BCUT2D eigenvalue weighted by Gasteiger charge is -2.18. The third kappa shape index (κ3) is 4.08. The quantitative estimate of drug-likeness (QED) is 0.725. The van der Waals surface area contributed by atoms with Crippen molar-refractivity contribution in [2.75, 3.05) is 27.7 Å². The number of hydrogen-bond donors (Lipinski definition) is 0. The second-order valence-electron chi connectivity index (χ2n) is 3.82. The molecule has 0 spiro atoms. The lowest BCUT2D eigenvalue weighted by Crippen LogP contribution is -2.34. The lowest BCUT2D eigenvalue weighted by atomic mass is 10.2. The predicted molar refractivity (Wildman–Crippen MR) is 59.3 cm³/mol. The summed E-state index contributed by atoms with van der Waals surface area (Å²) in [5.74, 6) is 0.117. The van der Waals surface area contributed by atoms with E-state index in [1.807, 2.05) is 24.1 Å².